The predicted octanol–water partition coefficient (Wildman–Crippen LogP) is 3.38. The van der Waals surface area contributed by atoms with Crippen molar-refractivity contribution < 1.29 is 4.74 Å². The van der Waals surface area contributed by atoms with Crippen molar-refractivity contribution in [3.05, 3.63) is 0 Å². The number of nitrogens with zero attached hydrogens (tertiary/aromatic N) is 1. The van der Waals surface area contributed by atoms with Crippen LogP contribution >= 0.6 is 0 Å². The fourth-order valence-corrected chi connectivity index (χ4v) is 2.68. The van der Waals surface area contributed by atoms with Crippen LogP contribution < -0.4 is 5.73 Å². The molecule has 0 bridgehead atoms. The van der Waals surface area contributed by atoms with Gasteiger partial charge in [0, 0.05) is 13.7 Å². The molecule has 1 atom stereocenters. The molecule has 0 rings (SSSR count). The fourth-order valence-electron chi connectivity index (χ4n) is 2.68. The second-order valence-electron chi connectivity index (χ2n) is 7.25. The molecular weight excluding hydrogens is 248 g/mol. The van der Waals surface area contributed by atoms with Crippen molar-refractivity contribution in [2.75, 3.05) is 33.4 Å². The van der Waals surface area contributed by atoms with Gasteiger partial charge in [-0.3, -0.25) is 4.90 Å². The van der Waals surface area contributed by atoms with Gasteiger partial charge >= 0.3 is 0 Å². The van der Waals surface area contributed by atoms with Crippen LogP contribution in [0.15, 0.2) is 0 Å². The van der Waals surface area contributed by atoms with Gasteiger partial charge in [-0.2, -0.15) is 0 Å². The van der Waals surface area contributed by atoms with Gasteiger partial charge in [0.05, 0.1) is 12.1 Å². The van der Waals surface area contributed by atoms with Crippen LogP contribution in [-0.2, 0) is 4.74 Å². The Morgan fingerprint density at radius 1 is 0.950 bits per heavy atom. The Hall–Kier alpha value is -0.120. The van der Waals surface area contributed by atoms with E-state index in [9.17, 15) is 0 Å². The van der Waals surface area contributed by atoms with Gasteiger partial charge in [-0.05, 0) is 43.7 Å². The number of methoxy groups -OCH3 is 1. The van der Waals surface area contributed by atoms with E-state index in [2.05, 4.69) is 46.4 Å². The first-order chi connectivity index (χ1) is 9.30. The molecule has 0 aromatic heterocycles. The molecular formula is C17H38N2O. The summed E-state index contributed by atoms with van der Waals surface area (Å²) in [5.74, 6) is 1.94. The second-order valence-corrected chi connectivity index (χ2v) is 7.25. The Balaban J connectivity index is 5.05. The minimum Gasteiger partial charge on any atom is -0.383 e. The van der Waals surface area contributed by atoms with Crippen molar-refractivity contribution in [3.8, 4) is 0 Å². The summed E-state index contributed by atoms with van der Waals surface area (Å²) in [4.78, 5) is 2.60. The third-order valence-corrected chi connectivity index (χ3v) is 4.40. The quantitative estimate of drug-likeness (QED) is 0.633. The molecule has 1 unspecified atom stereocenters. The molecule has 2 N–H and O–H groups in total. The first kappa shape index (κ1) is 19.9. The lowest BCUT2D eigenvalue weighted by Gasteiger charge is -2.46. The number of ether oxygens (including phenoxy) is 1. The third-order valence-electron chi connectivity index (χ3n) is 4.40. The molecule has 0 spiro atoms. The number of rotatable bonds is 11. The van der Waals surface area contributed by atoms with E-state index in [0.717, 1.165) is 31.5 Å². The zero-order valence-electron chi connectivity index (χ0n) is 14.9. The van der Waals surface area contributed by atoms with Crippen LogP contribution in [0.25, 0.3) is 0 Å². The molecule has 0 radical (unpaired) electrons. The van der Waals surface area contributed by atoms with Crippen LogP contribution in [0.2, 0.25) is 0 Å². The summed E-state index contributed by atoms with van der Waals surface area (Å²) < 4.78 is 5.53. The van der Waals surface area contributed by atoms with E-state index in [4.69, 9.17) is 10.5 Å². The molecule has 20 heavy (non-hydrogen) atoms. The summed E-state index contributed by atoms with van der Waals surface area (Å²) in [5.41, 5.74) is 6.16. The Morgan fingerprint density at radius 3 is 1.65 bits per heavy atom. The molecule has 0 aliphatic rings. The molecule has 0 aromatic rings. The molecule has 0 saturated heterocycles. The van der Waals surface area contributed by atoms with E-state index in [0.29, 0.717) is 12.5 Å². The molecule has 0 amide bonds. The van der Waals surface area contributed by atoms with Crippen LogP contribution in [0.3, 0.4) is 0 Å². The first-order valence-electron chi connectivity index (χ1n) is 8.24. The van der Waals surface area contributed by atoms with E-state index < -0.39 is 0 Å². The molecule has 0 aliphatic heterocycles. The standard InChI is InChI=1S/C17H38N2O/c1-14(2)8-10-19(11-9-15(3)4)17(12-18,13-20-7)16(5)6/h14-16H,8-13,18H2,1-7H3. The molecule has 0 heterocycles. The highest BCUT2D eigenvalue weighted by molar-refractivity contribution is 4.95. The van der Waals surface area contributed by atoms with E-state index in [1.54, 1.807) is 7.11 Å². The lowest BCUT2D eigenvalue weighted by atomic mass is 9.84. The maximum absolute atomic E-state index is 6.19. The van der Waals surface area contributed by atoms with E-state index in [1.807, 2.05) is 0 Å². The Labute approximate surface area is 127 Å². The first-order valence-corrected chi connectivity index (χ1v) is 8.24. The summed E-state index contributed by atoms with van der Waals surface area (Å²) in [5, 5.41) is 0. The Bertz CT molecular complexity index is 229. The van der Waals surface area contributed by atoms with Crippen LogP contribution in [0.1, 0.15) is 54.4 Å². The van der Waals surface area contributed by atoms with Crippen LogP contribution in [0.5, 0.6) is 0 Å². The second kappa shape index (κ2) is 9.75. The zero-order chi connectivity index (χ0) is 15.8. The lowest BCUT2D eigenvalue weighted by Crippen LogP contribution is -2.61. The van der Waals surface area contributed by atoms with Crippen LogP contribution in [-0.4, -0.2) is 43.8 Å². The van der Waals surface area contributed by atoms with Crippen molar-refractivity contribution in [2.24, 2.45) is 23.5 Å². The summed E-state index contributed by atoms with van der Waals surface area (Å²) in [6.45, 7) is 17.3. The highest BCUT2D eigenvalue weighted by atomic mass is 16.5. The lowest BCUT2D eigenvalue weighted by molar-refractivity contribution is -0.0206. The third kappa shape index (κ3) is 6.11. The predicted molar refractivity (Wildman–Crippen MR) is 89.0 cm³/mol. The monoisotopic (exact) mass is 286 g/mol. The molecule has 0 aliphatic carbocycles. The van der Waals surface area contributed by atoms with Crippen LogP contribution in [0, 0.1) is 17.8 Å². The molecule has 0 aromatic carbocycles. The van der Waals surface area contributed by atoms with Gasteiger partial charge in [0.2, 0.25) is 0 Å². The maximum Gasteiger partial charge on any atom is 0.0661 e. The molecule has 3 heteroatoms. The average molecular weight is 287 g/mol. The number of hydrogen-bond donors (Lipinski definition) is 1. The van der Waals surface area contributed by atoms with Crippen molar-refractivity contribution in [3.63, 3.8) is 0 Å². The highest BCUT2D eigenvalue weighted by Gasteiger charge is 2.38. The molecule has 3 nitrogen and oxygen atoms in total. The smallest absolute Gasteiger partial charge is 0.0661 e. The van der Waals surface area contributed by atoms with Gasteiger partial charge in [-0.1, -0.05) is 41.5 Å². The summed E-state index contributed by atoms with van der Waals surface area (Å²) in [6.07, 6.45) is 2.44. The largest absolute Gasteiger partial charge is 0.383 e. The fraction of sp³-hybridized carbons (Fsp3) is 1.00. The van der Waals surface area contributed by atoms with Crippen molar-refractivity contribution in [1.82, 2.24) is 4.90 Å². The highest BCUT2D eigenvalue weighted by Crippen LogP contribution is 2.26. The van der Waals surface area contributed by atoms with E-state index in [1.165, 1.54) is 12.8 Å². The average Bonchev–Trinajstić information content (AvgIpc) is 2.35. The van der Waals surface area contributed by atoms with Gasteiger partial charge < -0.3 is 10.5 Å². The van der Waals surface area contributed by atoms with Crippen molar-refractivity contribution in [1.29, 1.82) is 0 Å². The SMILES string of the molecule is COCC(CN)(C(C)C)N(CCC(C)C)CCC(C)C. The summed E-state index contributed by atoms with van der Waals surface area (Å²) >= 11 is 0. The van der Waals surface area contributed by atoms with Gasteiger partial charge in [-0.25, -0.2) is 0 Å². The zero-order valence-corrected chi connectivity index (χ0v) is 14.9. The Kier molecular flexibility index (Phi) is 9.69. The number of hydrogen-bond acceptors (Lipinski definition) is 3. The Morgan fingerprint density at radius 2 is 1.40 bits per heavy atom. The normalized spacial score (nSPS) is 15.6. The van der Waals surface area contributed by atoms with Crippen LogP contribution in [0.4, 0.5) is 0 Å². The van der Waals surface area contributed by atoms with E-state index in [-0.39, 0.29) is 5.54 Å². The minimum absolute atomic E-state index is 0.0292. The van der Waals surface area contributed by atoms with Gasteiger partial charge in [0.1, 0.15) is 0 Å². The minimum atomic E-state index is -0.0292. The number of nitrogens with two attached hydrogens (primary N) is 1. The van der Waals surface area contributed by atoms with Gasteiger partial charge in [-0.15, -0.1) is 0 Å². The topological polar surface area (TPSA) is 38.5 Å². The molecule has 0 fully saturated rings. The van der Waals surface area contributed by atoms with Gasteiger partial charge in [0.15, 0.2) is 0 Å². The maximum atomic E-state index is 6.19. The summed E-state index contributed by atoms with van der Waals surface area (Å²) in [7, 11) is 1.79. The van der Waals surface area contributed by atoms with Gasteiger partial charge in [0.25, 0.3) is 0 Å². The molecule has 122 valence electrons. The summed E-state index contributed by atoms with van der Waals surface area (Å²) in [6, 6.07) is 0. The van der Waals surface area contributed by atoms with Crippen molar-refractivity contribution >= 4 is 0 Å². The molecule has 0 saturated carbocycles. The van der Waals surface area contributed by atoms with Crippen molar-refractivity contribution in [2.45, 2.75) is 59.9 Å². The van der Waals surface area contributed by atoms with E-state index >= 15 is 0 Å².